The molecule has 0 radical (unpaired) electrons. The van der Waals surface area contributed by atoms with Crippen molar-refractivity contribution in [3.05, 3.63) is 24.3 Å². The molecule has 1 fully saturated rings. The van der Waals surface area contributed by atoms with Crippen LogP contribution in [0.15, 0.2) is 18.5 Å². The number of anilines is 1. The predicted molar refractivity (Wildman–Crippen MR) is 192 cm³/mol. The summed E-state index contributed by atoms with van der Waals surface area (Å²) in [6, 6.07) is 0. The molecule has 0 aromatic carbocycles. The molecule has 310 valence electrons. The molecule has 1 aliphatic heterocycles. The number of aliphatic hydroxyl groups is 2. The molecule has 28 heteroatoms. The number of nitrogens with two attached hydrogens (primary N) is 1. The van der Waals surface area contributed by atoms with Crippen molar-refractivity contribution in [1.29, 1.82) is 0 Å². The zero-order valence-corrected chi connectivity index (χ0v) is 33.2. The molecule has 0 spiro atoms. The molecular formula is C27H44N7O17P3S. The van der Waals surface area contributed by atoms with Crippen LogP contribution in [0.4, 0.5) is 5.82 Å². The number of amides is 2. The quantitative estimate of drug-likeness (QED) is 0.0319. The van der Waals surface area contributed by atoms with Gasteiger partial charge in [0.2, 0.25) is 23.4 Å². The van der Waals surface area contributed by atoms with Gasteiger partial charge in [-0.25, -0.2) is 28.6 Å². The maximum atomic E-state index is 12.7. The van der Waals surface area contributed by atoms with Crippen LogP contribution in [0.2, 0.25) is 0 Å². The van der Waals surface area contributed by atoms with Crippen molar-refractivity contribution in [2.75, 3.05) is 37.8 Å². The van der Waals surface area contributed by atoms with E-state index in [-0.39, 0.29) is 41.7 Å². The van der Waals surface area contributed by atoms with Gasteiger partial charge in [0.05, 0.1) is 19.5 Å². The first-order chi connectivity index (χ1) is 25.5. The first-order valence-corrected chi connectivity index (χ1v) is 21.4. The smallest absolute Gasteiger partial charge is 0.386 e. The molecule has 2 unspecified atom stereocenters. The Morgan fingerprint density at radius 2 is 1.78 bits per heavy atom. The number of hydrogen-bond donors (Lipinski definition) is 10. The number of hydrogen-bond acceptors (Lipinski definition) is 18. The SMILES string of the molecule is CCCC=CC(=O)c1nc(N)c2ncn([C@@H]3O[C@H](COP(=O)(O)OP(=O)(O)OCC(C)(C)[C@@H](O)C(=O)NCCC(=O)NCCS)[C@@H](OP(=O)(O)O)[C@H]3O)c2n1. The number of imidazole rings is 1. The number of ketones is 1. The van der Waals surface area contributed by atoms with Crippen LogP contribution in [-0.2, 0) is 45.9 Å². The van der Waals surface area contributed by atoms with Gasteiger partial charge in [-0.3, -0.25) is 32.5 Å². The number of rotatable bonds is 22. The molecule has 0 bridgehead atoms. The van der Waals surface area contributed by atoms with Crippen molar-refractivity contribution in [2.24, 2.45) is 5.41 Å². The molecule has 24 nitrogen and oxygen atoms in total. The highest BCUT2D eigenvalue weighted by Gasteiger charge is 2.50. The summed E-state index contributed by atoms with van der Waals surface area (Å²) in [4.78, 5) is 88.3. The zero-order valence-electron chi connectivity index (χ0n) is 29.6. The van der Waals surface area contributed by atoms with Crippen LogP contribution in [-0.4, -0.2) is 123 Å². The summed E-state index contributed by atoms with van der Waals surface area (Å²) < 4.78 is 62.3. The van der Waals surface area contributed by atoms with Gasteiger partial charge in [0.15, 0.2) is 17.7 Å². The molecule has 3 rings (SSSR count). The largest absolute Gasteiger partial charge is 0.481 e. The van der Waals surface area contributed by atoms with Crippen LogP contribution in [0, 0.1) is 5.41 Å². The fraction of sp³-hybridized carbons (Fsp3) is 0.630. The highest BCUT2D eigenvalue weighted by atomic mass is 32.1. The molecule has 2 aromatic heterocycles. The van der Waals surface area contributed by atoms with Gasteiger partial charge < -0.3 is 50.9 Å². The number of fused-ring (bicyclic) bond motifs is 1. The van der Waals surface area contributed by atoms with E-state index in [2.05, 4.69) is 47.0 Å². The summed E-state index contributed by atoms with van der Waals surface area (Å²) in [5, 5.41) is 26.4. The molecule has 3 heterocycles. The Balaban J connectivity index is 1.70. The fourth-order valence-corrected chi connectivity index (χ4v) is 7.69. The number of unbranched alkanes of at least 4 members (excludes halogenated alkanes) is 1. The van der Waals surface area contributed by atoms with E-state index in [0.717, 1.165) is 17.3 Å². The third-order valence-corrected chi connectivity index (χ3v) is 10.8. The topological polar surface area (TPSA) is 364 Å². The van der Waals surface area contributed by atoms with E-state index in [4.69, 9.17) is 19.5 Å². The van der Waals surface area contributed by atoms with E-state index in [1.54, 1.807) is 6.08 Å². The summed E-state index contributed by atoms with van der Waals surface area (Å²) in [5.41, 5.74) is 4.15. The van der Waals surface area contributed by atoms with Crippen LogP contribution in [0.5, 0.6) is 0 Å². The van der Waals surface area contributed by atoms with Crippen LogP contribution in [0.25, 0.3) is 11.2 Å². The van der Waals surface area contributed by atoms with E-state index >= 15 is 0 Å². The van der Waals surface area contributed by atoms with Crippen LogP contribution < -0.4 is 16.4 Å². The number of ether oxygens (including phenoxy) is 1. The Morgan fingerprint density at radius 3 is 2.42 bits per heavy atom. The van der Waals surface area contributed by atoms with E-state index in [1.807, 2.05) is 6.92 Å². The number of aromatic nitrogens is 4. The second-order valence-electron chi connectivity index (χ2n) is 12.5. The van der Waals surface area contributed by atoms with Crippen molar-refractivity contribution in [1.82, 2.24) is 30.2 Å². The van der Waals surface area contributed by atoms with Gasteiger partial charge in [-0.15, -0.1) is 0 Å². The second kappa shape index (κ2) is 19.6. The normalized spacial score (nSPS) is 22.0. The van der Waals surface area contributed by atoms with Crippen molar-refractivity contribution >= 4 is 70.7 Å². The fourth-order valence-electron chi connectivity index (χ4n) is 4.75. The summed E-state index contributed by atoms with van der Waals surface area (Å²) in [6.07, 6.45) is -4.17. The maximum Gasteiger partial charge on any atom is 0.481 e. The van der Waals surface area contributed by atoms with Crippen LogP contribution in [0.3, 0.4) is 0 Å². The van der Waals surface area contributed by atoms with Gasteiger partial charge in [-0.1, -0.05) is 33.3 Å². The Morgan fingerprint density at radius 1 is 1.11 bits per heavy atom. The number of nitrogen functional groups attached to an aromatic ring is 1. The monoisotopic (exact) mass is 863 g/mol. The average Bonchev–Trinajstić information content (AvgIpc) is 3.64. The third kappa shape index (κ3) is 13.7. The number of nitrogens with one attached hydrogen (secondary N) is 2. The molecule has 10 N–H and O–H groups in total. The van der Waals surface area contributed by atoms with Crippen molar-refractivity contribution in [2.45, 2.75) is 70.7 Å². The van der Waals surface area contributed by atoms with Crippen molar-refractivity contribution in [3.8, 4) is 0 Å². The summed E-state index contributed by atoms with van der Waals surface area (Å²) in [5.74, 6) is -2.15. The minimum Gasteiger partial charge on any atom is -0.386 e. The molecule has 2 amide bonds. The maximum absolute atomic E-state index is 12.7. The lowest BCUT2D eigenvalue weighted by Crippen LogP contribution is -2.46. The predicted octanol–water partition coefficient (Wildman–Crippen LogP) is -0.126. The van der Waals surface area contributed by atoms with Gasteiger partial charge in [-0.05, 0) is 12.5 Å². The Bertz CT molecular complexity index is 1860. The molecule has 2 aromatic rings. The summed E-state index contributed by atoms with van der Waals surface area (Å²) in [7, 11) is -16.5. The molecule has 55 heavy (non-hydrogen) atoms. The first kappa shape index (κ1) is 46.7. The Labute approximate surface area is 319 Å². The summed E-state index contributed by atoms with van der Waals surface area (Å²) >= 11 is 3.95. The van der Waals surface area contributed by atoms with Gasteiger partial charge in [0, 0.05) is 30.7 Å². The standard InChI is InChI=1S/C27H44N7O17P3S/c1-4-5-6-7-15(35)23-32-22(28)18-24(33-23)34(14-31-18)26-19(37)20(50-52(40,41)42)16(49-26)12-47-53(43,44)51-54(45,46)48-13-27(2,3)21(38)25(39)30-9-8-17(36)29-10-11-55/h6-7,14,16,19-21,26,37-38,55H,4-5,8-13H2,1-3H3,(H,29,36)(H,30,39)(H,43,44)(H,45,46)(H2,28,32,33)(H2,40,41,42)/t16-,19-,20-,21+,26-/m1/s1. The highest BCUT2D eigenvalue weighted by molar-refractivity contribution is 7.80. The van der Waals surface area contributed by atoms with Crippen molar-refractivity contribution in [3.63, 3.8) is 0 Å². The van der Waals surface area contributed by atoms with E-state index in [1.165, 1.54) is 19.9 Å². The number of thiol groups is 1. The summed E-state index contributed by atoms with van der Waals surface area (Å²) in [6.45, 7) is 2.49. The molecule has 7 atom stereocenters. The molecule has 0 saturated carbocycles. The van der Waals surface area contributed by atoms with E-state index < -0.39 is 84.4 Å². The Kier molecular flexibility index (Phi) is 16.7. The van der Waals surface area contributed by atoms with Crippen molar-refractivity contribution < 1.29 is 80.5 Å². The van der Waals surface area contributed by atoms with Gasteiger partial charge in [0.25, 0.3) is 0 Å². The lowest BCUT2D eigenvalue weighted by molar-refractivity contribution is -0.137. The molecule has 1 saturated heterocycles. The van der Waals surface area contributed by atoms with Gasteiger partial charge in [-0.2, -0.15) is 16.9 Å². The number of carbonyl (C=O) groups is 3. The van der Waals surface area contributed by atoms with Gasteiger partial charge in [0.1, 0.15) is 29.9 Å². The Hall–Kier alpha value is -2.70. The number of phosphoric acid groups is 3. The van der Waals surface area contributed by atoms with Crippen LogP contribution >= 0.6 is 36.1 Å². The number of allylic oxidation sites excluding steroid dienone is 2. The second-order valence-corrected chi connectivity index (χ2v) is 17.2. The van der Waals surface area contributed by atoms with Gasteiger partial charge >= 0.3 is 23.5 Å². The third-order valence-electron chi connectivity index (χ3n) is 7.52. The molecule has 0 aliphatic carbocycles. The number of phosphoric ester groups is 3. The minimum absolute atomic E-state index is 0.0510. The highest BCUT2D eigenvalue weighted by Crippen LogP contribution is 2.61. The van der Waals surface area contributed by atoms with Crippen LogP contribution in [0.1, 0.15) is 56.9 Å². The minimum atomic E-state index is -5.61. The molecular weight excluding hydrogens is 819 g/mol. The molecule has 1 aliphatic rings. The lowest BCUT2D eigenvalue weighted by Gasteiger charge is -2.30. The van der Waals surface area contributed by atoms with E-state index in [0.29, 0.717) is 18.7 Å². The number of aliphatic hydroxyl groups excluding tert-OH is 2. The number of nitrogens with zero attached hydrogens (tertiary/aromatic N) is 4. The average molecular weight is 864 g/mol. The first-order valence-electron chi connectivity index (χ1n) is 16.3. The van der Waals surface area contributed by atoms with E-state index in [9.17, 15) is 57.9 Å². The number of carbonyl (C=O) groups excluding carboxylic acids is 3. The zero-order chi connectivity index (χ0) is 41.4. The lowest BCUT2D eigenvalue weighted by atomic mass is 9.87.